The van der Waals surface area contributed by atoms with E-state index >= 15 is 0 Å². The first kappa shape index (κ1) is 9.51. The molecule has 0 saturated carbocycles. The number of aromatic nitrogens is 2. The molecule has 0 spiro atoms. The summed E-state index contributed by atoms with van der Waals surface area (Å²) in [6, 6.07) is 1.28. The van der Waals surface area contributed by atoms with Crippen LogP contribution in [0.4, 0.5) is 0 Å². The second kappa shape index (κ2) is 3.27. The lowest BCUT2D eigenvalue weighted by Gasteiger charge is -2.15. The molecule has 0 bridgehead atoms. The van der Waals surface area contributed by atoms with Crippen molar-refractivity contribution in [1.29, 1.82) is 0 Å². The molecule has 0 fully saturated rings. The van der Waals surface area contributed by atoms with Crippen molar-refractivity contribution < 1.29 is 4.74 Å². The fourth-order valence-corrected chi connectivity index (χ4v) is 1.48. The Morgan fingerprint density at radius 2 is 2.27 bits per heavy atom. The first-order chi connectivity index (χ1) is 7.08. The van der Waals surface area contributed by atoms with Crippen LogP contribution in [0.15, 0.2) is 45.8 Å². The van der Waals surface area contributed by atoms with Crippen LogP contribution in [-0.2, 0) is 4.74 Å². The third-order valence-corrected chi connectivity index (χ3v) is 2.14. The zero-order valence-electron chi connectivity index (χ0n) is 8.19. The Bertz CT molecular complexity index is 550. The van der Waals surface area contributed by atoms with Gasteiger partial charge in [-0.2, -0.15) is 0 Å². The Kier molecular flexibility index (Phi) is 2.07. The molecule has 1 atom stereocenters. The van der Waals surface area contributed by atoms with Crippen LogP contribution in [0.5, 0.6) is 0 Å². The van der Waals surface area contributed by atoms with E-state index in [0.29, 0.717) is 5.76 Å². The van der Waals surface area contributed by atoms with Crippen molar-refractivity contribution in [2.45, 2.75) is 13.2 Å². The van der Waals surface area contributed by atoms with E-state index in [1.807, 2.05) is 6.92 Å². The fraction of sp³-hybridized carbons (Fsp3) is 0.200. The molecule has 1 aromatic heterocycles. The van der Waals surface area contributed by atoms with Gasteiger partial charge in [-0.15, -0.1) is 0 Å². The van der Waals surface area contributed by atoms with Gasteiger partial charge in [-0.25, -0.2) is 4.79 Å². The molecule has 1 aliphatic heterocycles. The van der Waals surface area contributed by atoms with Gasteiger partial charge in [-0.05, 0) is 18.6 Å². The fourth-order valence-electron chi connectivity index (χ4n) is 1.48. The molecule has 0 aliphatic carbocycles. The number of H-pyrrole nitrogens is 1. The predicted octanol–water partition coefficient (Wildman–Crippen LogP) is 0.525. The molecule has 0 aromatic carbocycles. The van der Waals surface area contributed by atoms with Gasteiger partial charge in [0.05, 0.1) is 0 Å². The van der Waals surface area contributed by atoms with E-state index in [1.54, 1.807) is 6.08 Å². The second-order valence-corrected chi connectivity index (χ2v) is 3.34. The molecule has 1 aromatic rings. The summed E-state index contributed by atoms with van der Waals surface area (Å²) in [7, 11) is 0. The van der Waals surface area contributed by atoms with Crippen LogP contribution in [-0.4, -0.2) is 9.55 Å². The lowest BCUT2D eigenvalue weighted by molar-refractivity contribution is 0.110. The number of nitrogens with zero attached hydrogens (tertiary/aromatic N) is 1. The monoisotopic (exact) mass is 206 g/mol. The summed E-state index contributed by atoms with van der Waals surface area (Å²) >= 11 is 0. The zero-order valence-corrected chi connectivity index (χ0v) is 8.19. The maximum atomic E-state index is 11.4. The van der Waals surface area contributed by atoms with E-state index in [4.69, 9.17) is 4.74 Å². The largest absolute Gasteiger partial charge is 0.467 e. The number of allylic oxidation sites excluding steroid dienone is 1. The minimum absolute atomic E-state index is 0.422. The van der Waals surface area contributed by atoms with E-state index in [0.717, 1.165) is 5.57 Å². The average molecular weight is 206 g/mol. The van der Waals surface area contributed by atoms with E-state index < -0.39 is 17.5 Å². The number of nitrogens with one attached hydrogen (secondary N) is 1. The molecule has 0 unspecified atom stereocenters. The highest BCUT2D eigenvalue weighted by Gasteiger charge is 2.21. The highest BCUT2D eigenvalue weighted by molar-refractivity contribution is 5.23. The van der Waals surface area contributed by atoms with E-state index in [1.165, 1.54) is 16.8 Å². The number of aromatic amines is 1. The van der Waals surface area contributed by atoms with Crippen molar-refractivity contribution in [3.8, 4) is 0 Å². The number of rotatable bonds is 1. The highest BCUT2D eigenvalue weighted by Crippen LogP contribution is 2.27. The van der Waals surface area contributed by atoms with Crippen LogP contribution in [0.25, 0.3) is 0 Å². The van der Waals surface area contributed by atoms with Crippen molar-refractivity contribution in [2.75, 3.05) is 0 Å². The van der Waals surface area contributed by atoms with Gasteiger partial charge in [-0.1, -0.05) is 6.58 Å². The second-order valence-electron chi connectivity index (χ2n) is 3.34. The van der Waals surface area contributed by atoms with Gasteiger partial charge in [0.25, 0.3) is 5.56 Å². The molecule has 0 saturated heterocycles. The van der Waals surface area contributed by atoms with Crippen LogP contribution in [0.2, 0.25) is 0 Å². The van der Waals surface area contributed by atoms with Crippen LogP contribution < -0.4 is 11.2 Å². The molecule has 15 heavy (non-hydrogen) atoms. The van der Waals surface area contributed by atoms with Crippen molar-refractivity contribution in [3.63, 3.8) is 0 Å². The average Bonchev–Trinajstić information content (AvgIpc) is 2.45. The van der Waals surface area contributed by atoms with Gasteiger partial charge in [0, 0.05) is 12.3 Å². The normalized spacial score (nSPS) is 19.9. The Morgan fingerprint density at radius 1 is 1.53 bits per heavy atom. The first-order valence-corrected chi connectivity index (χ1v) is 4.43. The molecule has 78 valence electrons. The third kappa shape index (κ3) is 1.63. The summed E-state index contributed by atoms with van der Waals surface area (Å²) in [4.78, 5) is 24.5. The molecule has 1 aliphatic rings. The molecule has 2 heterocycles. The van der Waals surface area contributed by atoms with Crippen LogP contribution in [0, 0.1) is 0 Å². The number of hydrogen-bond donors (Lipinski definition) is 1. The Labute approximate surface area is 85.3 Å². The Hall–Kier alpha value is -2.04. The SMILES string of the molecule is C=C1C=C(C)[C@H](n2ccc(=O)[nH]c2=O)O1. The minimum Gasteiger partial charge on any atom is -0.467 e. The van der Waals surface area contributed by atoms with Crippen molar-refractivity contribution >= 4 is 0 Å². The summed E-state index contributed by atoms with van der Waals surface area (Å²) < 4.78 is 6.65. The van der Waals surface area contributed by atoms with Gasteiger partial charge in [-0.3, -0.25) is 14.3 Å². The van der Waals surface area contributed by atoms with Crippen LogP contribution in [0.3, 0.4) is 0 Å². The number of ether oxygens (including phenoxy) is 1. The molecule has 5 heteroatoms. The summed E-state index contributed by atoms with van der Waals surface area (Å²) in [6.07, 6.45) is 2.66. The number of hydrogen-bond acceptors (Lipinski definition) is 3. The molecule has 0 radical (unpaired) electrons. The first-order valence-electron chi connectivity index (χ1n) is 4.43. The third-order valence-electron chi connectivity index (χ3n) is 2.14. The van der Waals surface area contributed by atoms with Crippen molar-refractivity contribution in [3.05, 3.63) is 57.1 Å². The molecular formula is C10H10N2O3. The maximum absolute atomic E-state index is 11.4. The summed E-state index contributed by atoms with van der Waals surface area (Å²) in [5.74, 6) is 0.510. The quantitative estimate of drug-likeness (QED) is 0.728. The van der Waals surface area contributed by atoms with Crippen LogP contribution >= 0.6 is 0 Å². The van der Waals surface area contributed by atoms with Gasteiger partial charge >= 0.3 is 5.69 Å². The summed E-state index contributed by atoms with van der Waals surface area (Å²) in [5.41, 5.74) is -0.0428. The topological polar surface area (TPSA) is 64.1 Å². The van der Waals surface area contributed by atoms with Crippen molar-refractivity contribution in [1.82, 2.24) is 9.55 Å². The van der Waals surface area contributed by atoms with Gasteiger partial charge in [0.1, 0.15) is 5.76 Å². The molecule has 2 rings (SSSR count). The van der Waals surface area contributed by atoms with Gasteiger partial charge < -0.3 is 4.74 Å². The lowest BCUT2D eigenvalue weighted by atomic mass is 10.2. The molecule has 1 N–H and O–H groups in total. The van der Waals surface area contributed by atoms with Gasteiger partial charge in [0.15, 0.2) is 0 Å². The van der Waals surface area contributed by atoms with E-state index in [2.05, 4.69) is 11.6 Å². The lowest BCUT2D eigenvalue weighted by Crippen LogP contribution is -2.31. The Morgan fingerprint density at radius 3 is 2.80 bits per heavy atom. The van der Waals surface area contributed by atoms with Crippen molar-refractivity contribution in [2.24, 2.45) is 0 Å². The van der Waals surface area contributed by atoms with Crippen LogP contribution in [0.1, 0.15) is 13.2 Å². The molecule has 5 nitrogen and oxygen atoms in total. The van der Waals surface area contributed by atoms with Gasteiger partial charge in [0.2, 0.25) is 6.23 Å². The highest BCUT2D eigenvalue weighted by atomic mass is 16.5. The zero-order chi connectivity index (χ0) is 11.0. The standard InChI is InChI=1S/C10H10N2O3/c1-6-5-7(2)15-9(6)12-4-3-8(13)11-10(12)14/h3-5,9H,2H2,1H3,(H,11,13,14)/t9-/m1/s1. The Balaban J connectivity index is 2.48. The molecule has 0 amide bonds. The summed E-state index contributed by atoms with van der Waals surface area (Å²) in [5, 5.41) is 0. The smallest absolute Gasteiger partial charge is 0.331 e. The summed E-state index contributed by atoms with van der Waals surface area (Å²) in [6.45, 7) is 5.48. The maximum Gasteiger partial charge on any atom is 0.331 e. The van der Waals surface area contributed by atoms with E-state index in [-0.39, 0.29) is 0 Å². The van der Waals surface area contributed by atoms with E-state index in [9.17, 15) is 9.59 Å². The predicted molar refractivity (Wildman–Crippen MR) is 54.3 cm³/mol. The minimum atomic E-state index is -0.498. The molecular weight excluding hydrogens is 196 g/mol.